The van der Waals surface area contributed by atoms with E-state index in [9.17, 15) is 9.59 Å². The molecule has 4 heteroatoms. The van der Waals surface area contributed by atoms with Crippen molar-refractivity contribution in [3.05, 3.63) is 65.7 Å². The van der Waals surface area contributed by atoms with Gasteiger partial charge in [0.1, 0.15) is 0 Å². The highest BCUT2D eigenvalue weighted by atomic mass is 16.2. The number of para-hydroxylation sites is 1. The summed E-state index contributed by atoms with van der Waals surface area (Å²) >= 11 is 0. The van der Waals surface area contributed by atoms with Gasteiger partial charge >= 0.3 is 0 Å². The minimum atomic E-state index is -0.246. The maximum Gasteiger partial charge on any atom is 0.232 e. The summed E-state index contributed by atoms with van der Waals surface area (Å²) in [6.07, 6.45) is 1.21. The first kappa shape index (κ1) is 15.9. The van der Waals surface area contributed by atoms with Crippen molar-refractivity contribution in [3.8, 4) is 0 Å². The van der Waals surface area contributed by atoms with Crippen LogP contribution in [0, 0.1) is 5.92 Å². The molecule has 2 aromatic rings. The van der Waals surface area contributed by atoms with Crippen molar-refractivity contribution >= 4 is 17.5 Å². The number of carbonyl (C=O) groups is 2. The van der Waals surface area contributed by atoms with Gasteiger partial charge in [-0.05, 0) is 30.5 Å². The summed E-state index contributed by atoms with van der Waals surface area (Å²) < 4.78 is 0. The van der Waals surface area contributed by atoms with Crippen LogP contribution in [0.4, 0.5) is 5.69 Å². The molecule has 0 N–H and O–H groups in total. The molecule has 25 heavy (non-hydrogen) atoms. The number of benzene rings is 2. The number of anilines is 1. The molecular formula is C21H22N2O2. The first-order valence-electron chi connectivity index (χ1n) is 8.89. The summed E-state index contributed by atoms with van der Waals surface area (Å²) in [4.78, 5) is 29.2. The molecule has 0 aliphatic carbocycles. The number of amides is 2. The Morgan fingerprint density at radius 1 is 1.08 bits per heavy atom. The summed E-state index contributed by atoms with van der Waals surface area (Å²) in [6.45, 7) is 3.26. The van der Waals surface area contributed by atoms with Crippen molar-refractivity contribution in [2.45, 2.75) is 25.8 Å². The standard InChI is InChI=1S/C21H22N2O2/c1-15(16-7-3-2-4-8-16)23-14-18(13-20(23)24)21(25)22-12-11-17-9-5-6-10-19(17)22/h2-10,15,18H,11-14H2,1H3. The lowest BCUT2D eigenvalue weighted by molar-refractivity contribution is -0.130. The summed E-state index contributed by atoms with van der Waals surface area (Å²) in [6, 6.07) is 18.0. The minimum absolute atomic E-state index is 0.00244. The Morgan fingerprint density at radius 2 is 1.80 bits per heavy atom. The molecule has 0 spiro atoms. The zero-order chi connectivity index (χ0) is 17.4. The van der Waals surface area contributed by atoms with E-state index in [1.807, 2.05) is 65.3 Å². The highest BCUT2D eigenvalue weighted by Crippen LogP contribution is 2.33. The van der Waals surface area contributed by atoms with Crippen LogP contribution in [0.25, 0.3) is 0 Å². The molecule has 0 bridgehead atoms. The molecule has 128 valence electrons. The Labute approximate surface area is 148 Å². The summed E-state index contributed by atoms with van der Waals surface area (Å²) in [5.41, 5.74) is 3.33. The molecule has 1 saturated heterocycles. The molecule has 4 rings (SSSR count). The van der Waals surface area contributed by atoms with Crippen LogP contribution in [-0.2, 0) is 16.0 Å². The zero-order valence-corrected chi connectivity index (χ0v) is 14.4. The number of carbonyl (C=O) groups excluding carboxylic acids is 2. The Kier molecular flexibility index (Phi) is 4.04. The second-order valence-electron chi connectivity index (χ2n) is 6.90. The Balaban J connectivity index is 1.50. The predicted octanol–water partition coefficient (Wildman–Crippen LogP) is 3.19. The third-order valence-corrected chi connectivity index (χ3v) is 5.41. The fourth-order valence-electron chi connectivity index (χ4n) is 3.97. The van der Waals surface area contributed by atoms with Gasteiger partial charge in [-0.1, -0.05) is 48.5 Å². The van der Waals surface area contributed by atoms with Crippen molar-refractivity contribution in [2.24, 2.45) is 5.92 Å². The van der Waals surface area contributed by atoms with Crippen molar-refractivity contribution < 1.29 is 9.59 Å². The van der Waals surface area contributed by atoms with E-state index in [-0.39, 0.29) is 23.8 Å². The normalized spacial score (nSPS) is 20.7. The van der Waals surface area contributed by atoms with Crippen LogP contribution in [0.2, 0.25) is 0 Å². The second-order valence-corrected chi connectivity index (χ2v) is 6.90. The summed E-state index contributed by atoms with van der Waals surface area (Å²) in [7, 11) is 0. The minimum Gasteiger partial charge on any atom is -0.335 e. The van der Waals surface area contributed by atoms with Crippen LogP contribution >= 0.6 is 0 Å². The number of likely N-dealkylation sites (tertiary alicyclic amines) is 1. The fourth-order valence-corrected chi connectivity index (χ4v) is 3.97. The molecule has 2 atom stereocenters. The van der Waals surface area contributed by atoms with E-state index < -0.39 is 0 Å². The van der Waals surface area contributed by atoms with Gasteiger partial charge in [0.25, 0.3) is 0 Å². The average molecular weight is 334 g/mol. The molecular weight excluding hydrogens is 312 g/mol. The number of hydrogen-bond acceptors (Lipinski definition) is 2. The van der Waals surface area contributed by atoms with Gasteiger partial charge in [0.15, 0.2) is 0 Å². The number of rotatable bonds is 3. The van der Waals surface area contributed by atoms with E-state index in [2.05, 4.69) is 6.07 Å². The molecule has 2 amide bonds. The van der Waals surface area contributed by atoms with Gasteiger partial charge in [-0.2, -0.15) is 0 Å². The Bertz CT molecular complexity index is 803. The van der Waals surface area contributed by atoms with Crippen molar-refractivity contribution in [3.63, 3.8) is 0 Å². The third kappa shape index (κ3) is 2.82. The lowest BCUT2D eigenvalue weighted by Gasteiger charge is -2.26. The maximum absolute atomic E-state index is 13.0. The third-order valence-electron chi connectivity index (χ3n) is 5.41. The Morgan fingerprint density at radius 3 is 2.60 bits per heavy atom. The predicted molar refractivity (Wildman–Crippen MR) is 97.2 cm³/mol. The molecule has 2 heterocycles. The van der Waals surface area contributed by atoms with E-state index in [0.29, 0.717) is 13.0 Å². The van der Waals surface area contributed by atoms with Gasteiger partial charge < -0.3 is 9.80 Å². The second kappa shape index (κ2) is 6.36. The molecule has 2 aromatic carbocycles. The quantitative estimate of drug-likeness (QED) is 0.865. The number of fused-ring (bicyclic) bond motifs is 1. The molecule has 2 aliphatic heterocycles. The van der Waals surface area contributed by atoms with Crippen LogP contribution in [0.1, 0.15) is 30.5 Å². The molecule has 0 aromatic heterocycles. The molecule has 1 fully saturated rings. The highest BCUT2D eigenvalue weighted by Gasteiger charge is 2.40. The van der Waals surface area contributed by atoms with E-state index in [0.717, 1.165) is 24.2 Å². The lowest BCUT2D eigenvalue weighted by Crippen LogP contribution is -2.36. The van der Waals surface area contributed by atoms with Crippen molar-refractivity contribution in [2.75, 3.05) is 18.0 Å². The number of nitrogens with zero attached hydrogens (tertiary/aromatic N) is 2. The molecule has 2 unspecified atom stereocenters. The maximum atomic E-state index is 13.0. The topological polar surface area (TPSA) is 40.6 Å². The highest BCUT2D eigenvalue weighted by molar-refractivity contribution is 6.00. The first-order valence-corrected chi connectivity index (χ1v) is 8.89. The zero-order valence-electron chi connectivity index (χ0n) is 14.4. The van der Waals surface area contributed by atoms with E-state index in [4.69, 9.17) is 0 Å². The largest absolute Gasteiger partial charge is 0.335 e. The van der Waals surface area contributed by atoms with Crippen LogP contribution in [-0.4, -0.2) is 29.8 Å². The molecule has 0 saturated carbocycles. The van der Waals surface area contributed by atoms with Crippen LogP contribution in [0.15, 0.2) is 54.6 Å². The van der Waals surface area contributed by atoms with Crippen LogP contribution in [0.5, 0.6) is 0 Å². The lowest BCUT2D eigenvalue weighted by atomic mass is 10.1. The van der Waals surface area contributed by atoms with Crippen molar-refractivity contribution in [1.82, 2.24) is 4.90 Å². The smallest absolute Gasteiger partial charge is 0.232 e. The average Bonchev–Trinajstić information content (AvgIpc) is 3.25. The fraction of sp³-hybridized carbons (Fsp3) is 0.333. The van der Waals surface area contributed by atoms with Gasteiger partial charge in [0.2, 0.25) is 11.8 Å². The van der Waals surface area contributed by atoms with Crippen molar-refractivity contribution in [1.29, 1.82) is 0 Å². The first-order chi connectivity index (χ1) is 12.1. The van der Waals surface area contributed by atoms with E-state index in [1.165, 1.54) is 5.56 Å². The number of hydrogen-bond donors (Lipinski definition) is 0. The van der Waals surface area contributed by atoms with Crippen LogP contribution in [0.3, 0.4) is 0 Å². The molecule has 2 aliphatic rings. The van der Waals surface area contributed by atoms with Gasteiger partial charge in [-0.15, -0.1) is 0 Å². The monoisotopic (exact) mass is 334 g/mol. The van der Waals surface area contributed by atoms with Gasteiger partial charge in [0.05, 0.1) is 12.0 Å². The summed E-state index contributed by atoms with van der Waals surface area (Å²) in [5.74, 6) is -0.0898. The van der Waals surface area contributed by atoms with Gasteiger partial charge in [-0.3, -0.25) is 9.59 Å². The van der Waals surface area contributed by atoms with Gasteiger partial charge in [-0.25, -0.2) is 0 Å². The van der Waals surface area contributed by atoms with Crippen LogP contribution < -0.4 is 4.90 Å². The van der Waals surface area contributed by atoms with E-state index in [1.54, 1.807) is 0 Å². The van der Waals surface area contributed by atoms with Gasteiger partial charge in [0, 0.05) is 25.2 Å². The molecule has 0 radical (unpaired) electrons. The Hall–Kier alpha value is -2.62. The van der Waals surface area contributed by atoms with E-state index >= 15 is 0 Å². The molecule has 4 nitrogen and oxygen atoms in total. The SMILES string of the molecule is CC(c1ccccc1)N1CC(C(=O)N2CCc3ccccc32)CC1=O. The summed E-state index contributed by atoms with van der Waals surface area (Å²) in [5, 5.41) is 0.